The maximum atomic E-state index is 13.5. The minimum atomic E-state index is -0.591. The van der Waals surface area contributed by atoms with E-state index < -0.39 is 17.8 Å². The molecule has 0 aliphatic rings. The molecule has 3 N–H and O–H groups in total. The molecule has 0 fully saturated rings. The van der Waals surface area contributed by atoms with Crippen molar-refractivity contribution in [3.63, 3.8) is 0 Å². The highest BCUT2D eigenvalue weighted by Gasteiger charge is 2.20. The average molecular weight is 284 g/mol. The van der Waals surface area contributed by atoms with Crippen LogP contribution in [0.15, 0.2) is 18.2 Å². The maximum absolute atomic E-state index is 13.5. The summed E-state index contributed by atoms with van der Waals surface area (Å²) in [5, 5.41) is 2.68. The highest BCUT2D eigenvalue weighted by Crippen LogP contribution is 2.17. The normalized spacial score (nSPS) is 12.1. The monoisotopic (exact) mass is 284 g/mol. The van der Waals surface area contributed by atoms with Gasteiger partial charge in [0.15, 0.2) is 11.6 Å². The molecule has 0 aromatic heterocycles. The Morgan fingerprint density at radius 2 is 2.11 bits per heavy atom. The molecule has 19 heavy (non-hydrogen) atoms. The van der Waals surface area contributed by atoms with E-state index in [-0.39, 0.29) is 22.2 Å². The highest BCUT2D eigenvalue weighted by atomic mass is 32.1. The fraction of sp³-hybridized carbons (Fsp3) is 0.385. The Bertz CT molecular complexity index is 492. The van der Waals surface area contributed by atoms with Crippen LogP contribution in [0.25, 0.3) is 0 Å². The van der Waals surface area contributed by atoms with Crippen LogP contribution >= 0.6 is 12.2 Å². The first-order valence-corrected chi connectivity index (χ1v) is 6.21. The van der Waals surface area contributed by atoms with Gasteiger partial charge in [-0.25, -0.2) is 4.39 Å². The van der Waals surface area contributed by atoms with Crippen molar-refractivity contribution in [2.45, 2.75) is 19.9 Å². The van der Waals surface area contributed by atoms with Crippen LogP contribution < -0.4 is 15.8 Å². The molecule has 1 atom stereocenters. The summed E-state index contributed by atoms with van der Waals surface area (Å²) in [7, 11) is 1.36. The van der Waals surface area contributed by atoms with Gasteiger partial charge in [-0.3, -0.25) is 4.79 Å². The molecular formula is C13H17FN2O2S. The molecule has 0 saturated heterocycles. The molecule has 1 rings (SSSR count). The third kappa shape index (κ3) is 3.89. The first-order valence-electron chi connectivity index (χ1n) is 5.80. The van der Waals surface area contributed by atoms with Crippen molar-refractivity contribution in [3.05, 3.63) is 29.6 Å². The second-order valence-corrected chi connectivity index (χ2v) is 4.92. The van der Waals surface area contributed by atoms with E-state index in [1.54, 1.807) is 0 Å². The van der Waals surface area contributed by atoms with Crippen LogP contribution in [0, 0.1) is 11.7 Å². The highest BCUT2D eigenvalue weighted by molar-refractivity contribution is 7.80. The molecule has 104 valence electrons. The first-order chi connectivity index (χ1) is 8.86. The molecule has 4 nitrogen and oxygen atoms in total. The SMILES string of the molecule is COc1ccc(C(=O)NC(C(N)=S)C(C)C)cc1F. The molecule has 1 aromatic rings. The van der Waals surface area contributed by atoms with E-state index in [0.717, 1.165) is 6.07 Å². The van der Waals surface area contributed by atoms with Gasteiger partial charge in [0, 0.05) is 5.56 Å². The van der Waals surface area contributed by atoms with E-state index in [1.807, 2.05) is 13.8 Å². The van der Waals surface area contributed by atoms with E-state index in [9.17, 15) is 9.18 Å². The standard InChI is InChI=1S/C13H17FN2O2S/c1-7(2)11(12(15)19)16-13(17)8-4-5-10(18-3)9(14)6-8/h4-7,11H,1-3H3,(H2,15,19)(H,16,17). The van der Waals surface area contributed by atoms with Gasteiger partial charge in [0.1, 0.15) is 0 Å². The van der Waals surface area contributed by atoms with E-state index in [2.05, 4.69) is 5.32 Å². The lowest BCUT2D eigenvalue weighted by Gasteiger charge is -2.21. The largest absolute Gasteiger partial charge is 0.494 e. The Kier molecular flexibility index (Phi) is 5.23. The Hall–Kier alpha value is -1.69. The predicted octanol–water partition coefficient (Wildman–Crippen LogP) is 1.87. The van der Waals surface area contributed by atoms with Crippen LogP contribution in [0.4, 0.5) is 4.39 Å². The molecule has 0 spiro atoms. The van der Waals surface area contributed by atoms with Gasteiger partial charge >= 0.3 is 0 Å². The summed E-state index contributed by atoms with van der Waals surface area (Å²) >= 11 is 4.90. The number of hydrogen-bond acceptors (Lipinski definition) is 3. The van der Waals surface area contributed by atoms with E-state index in [1.165, 1.54) is 19.2 Å². The van der Waals surface area contributed by atoms with Crippen molar-refractivity contribution in [1.82, 2.24) is 5.32 Å². The number of nitrogens with one attached hydrogen (secondary N) is 1. The van der Waals surface area contributed by atoms with Gasteiger partial charge in [0.25, 0.3) is 5.91 Å². The van der Waals surface area contributed by atoms with Crippen molar-refractivity contribution in [1.29, 1.82) is 0 Å². The quantitative estimate of drug-likeness (QED) is 0.810. The van der Waals surface area contributed by atoms with Gasteiger partial charge in [-0.1, -0.05) is 26.1 Å². The van der Waals surface area contributed by atoms with Crippen molar-refractivity contribution in [2.24, 2.45) is 11.7 Å². The number of hydrogen-bond donors (Lipinski definition) is 2. The zero-order chi connectivity index (χ0) is 14.6. The molecular weight excluding hydrogens is 267 g/mol. The summed E-state index contributed by atoms with van der Waals surface area (Å²) in [4.78, 5) is 12.2. The zero-order valence-corrected chi connectivity index (χ0v) is 11.9. The Balaban J connectivity index is 2.89. The summed E-state index contributed by atoms with van der Waals surface area (Å²) in [6.07, 6.45) is 0. The number of amides is 1. The molecule has 0 bridgehead atoms. The summed E-state index contributed by atoms with van der Waals surface area (Å²) in [6.45, 7) is 3.78. The Morgan fingerprint density at radius 3 is 2.53 bits per heavy atom. The topological polar surface area (TPSA) is 64.3 Å². The summed E-state index contributed by atoms with van der Waals surface area (Å²) in [5.74, 6) is -0.865. The third-order valence-electron chi connectivity index (χ3n) is 2.67. The number of carbonyl (C=O) groups is 1. The average Bonchev–Trinajstić information content (AvgIpc) is 2.34. The number of carbonyl (C=O) groups excluding carboxylic acids is 1. The summed E-state index contributed by atoms with van der Waals surface area (Å²) in [5.41, 5.74) is 5.76. The van der Waals surface area contributed by atoms with Gasteiger partial charge in [-0.2, -0.15) is 0 Å². The van der Waals surface area contributed by atoms with Crippen LogP contribution in [0.5, 0.6) is 5.75 Å². The first kappa shape index (κ1) is 15.4. The summed E-state index contributed by atoms with van der Waals surface area (Å²) in [6, 6.07) is 3.57. The second kappa shape index (κ2) is 6.47. The number of rotatable bonds is 5. The molecule has 0 saturated carbocycles. The molecule has 1 amide bonds. The lowest BCUT2D eigenvalue weighted by Crippen LogP contribution is -2.46. The smallest absolute Gasteiger partial charge is 0.251 e. The van der Waals surface area contributed by atoms with Crippen LogP contribution in [-0.2, 0) is 0 Å². The molecule has 1 unspecified atom stereocenters. The van der Waals surface area contributed by atoms with Gasteiger partial charge in [-0.15, -0.1) is 0 Å². The fourth-order valence-corrected chi connectivity index (χ4v) is 1.93. The minimum Gasteiger partial charge on any atom is -0.494 e. The Morgan fingerprint density at radius 1 is 1.47 bits per heavy atom. The van der Waals surface area contributed by atoms with Crippen LogP contribution in [-0.4, -0.2) is 24.0 Å². The van der Waals surface area contributed by atoms with E-state index in [4.69, 9.17) is 22.7 Å². The van der Waals surface area contributed by atoms with Crippen molar-refractivity contribution < 1.29 is 13.9 Å². The molecule has 0 radical (unpaired) electrons. The number of benzene rings is 1. The number of halogens is 1. The van der Waals surface area contributed by atoms with Gasteiger partial charge in [0.2, 0.25) is 0 Å². The fourth-order valence-electron chi connectivity index (χ4n) is 1.60. The number of ether oxygens (including phenoxy) is 1. The van der Waals surface area contributed by atoms with Gasteiger partial charge < -0.3 is 15.8 Å². The lowest BCUT2D eigenvalue weighted by atomic mass is 10.0. The van der Waals surface area contributed by atoms with Crippen molar-refractivity contribution >= 4 is 23.1 Å². The maximum Gasteiger partial charge on any atom is 0.251 e. The molecule has 1 aromatic carbocycles. The van der Waals surface area contributed by atoms with Gasteiger partial charge in [0.05, 0.1) is 18.1 Å². The van der Waals surface area contributed by atoms with E-state index >= 15 is 0 Å². The molecule has 0 aliphatic carbocycles. The zero-order valence-electron chi connectivity index (χ0n) is 11.1. The van der Waals surface area contributed by atoms with Crippen LogP contribution in [0.2, 0.25) is 0 Å². The predicted molar refractivity (Wildman–Crippen MR) is 75.8 cm³/mol. The minimum absolute atomic E-state index is 0.0598. The second-order valence-electron chi connectivity index (χ2n) is 4.45. The lowest BCUT2D eigenvalue weighted by molar-refractivity contribution is 0.0939. The molecule has 6 heteroatoms. The third-order valence-corrected chi connectivity index (χ3v) is 2.93. The van der Waals surface area contributed by atoms with Crippen LogP contribution in [0.3, 0.4) is 0 Å². The summed E-state index contributed by atoms with van der Waals surface area (Å²) < 4.78 is 18.3. The number of thiocarbonyl (C=S) groups is 1. The Labute approximate surface area is 117 Å². The van der Waals surface area contributed by atoms with E-state index in [0.29, 0.717) is 0 Å². The van der Waals surface area contributed by atoms with Crippen LogP contribution in [0.1, 0.15) is 24.2 Å². The number of nitrogens with two attached hydrogens (primary N) is 1. The van der Waals surface area contributed by atoms with Crippen molar-refractivity contribution in [2.75, 3.05) is 7.11 Å². The van der Waals surface area contributed by atoms with Crippen molar-refractivity contribution in [3.8, 4) is 5.75 Å². The molecule has 0 aliphatic heterocycles. The van der Waals surface area contributed by atoms with Gasteiger partial charge in [-0.05, 0) is 24.1 Å². The number of methoxy groups -OCH3 is 1. The molecule has 0 heterocycles.